The van der Waals surface area contributed by atoms with Gasteiger partial charge >= 0.3 is 5.97 Å². The van der Waals surface area contributed by atoms with E-state index in [1.807, 2.05) is 0 Å². The topological polar surface area (TPSA) is 66.8 Å². The SMILES string of the molecule is CCC(O)COc1c(F)cc(C(=O)O)cc1F. The molecular formula is C11H12F2O4. The molecule has 94 valence electrons. The number of carboxylic acids is 1. The monoisotopic (exact) mass is 246 g/mol. The molecule has 6 heteroatoms. The summed E-state index contributed by atoms with van der Waals surface area (Å²) in [5.74, 6) is -4.32. The fraction of sp³-hybridized carbons (Fsp3) is 0.364. The van der Waals surface area contributed by atoms with Crippen molar-refractivity contribution in [2.45, 2.75) is 19.4 Å². The number of aromatic carboxylic acids is 1. The standard InChI is InChI=1S/C11H12F2O4/c1-2-7(14)5-17-10-8(12)3-6(11(15)16)4-9(10)13/h3-4,7,14H,2,5H2,1H3,(H,15,16). The van der Waals surface area contributed by atoms with Gasteiger partial charge in [0.1, 0.15) is 6.61 Å². The first-order valence-electron chi connectivity index (χ1n) is 4.98. The molecule has 1 rings (SSSR count). The van der Waals surface area contributed by atoms with Crippen LogP contribution >= 0.6 is 0 Å². The van der Waals surface area contributed by atoms with Crippen molar-refractivity contribution in [3.8, 4) is 5.75 Å². The summed E-state index contributed by atoms with van der Waals surface area (Å²) in [5.41, 5.74) is -0.497. The predicted molar refractivity (Wildman–Crippen MR) is 55.1 cm³/mol. The zero-order valence-electron chi connectivity index (χ0n) is 9.11. The third-order valence-electron chi connectivity index (χ3n) is 2.14. The Morgan fingerprint density at radius 2 is 1.94 bits per heavy atom. The molecule has 0 spiro atoms. The first kappa shape index (κ1) is 13.4. The smallest absolute Gasteiger partial charge is 0.335 e. The number of aliphatic hydroxyl groups is 1. The molecule has 1 unspecified atom stereocenters. The van der Waals surface area contributed by atoms with Crippen molar-refractivity contribution < 1.29 is 28.5 Å². The minimum atomic E-state index is -1.43. The lowest BCUT2D eigenvalue weighted by molar-refractivity contribution is 0.0694. The average Bonchev–Trinajstić information content (AvgIpc) is 2.27. The highest BCUT2D eigenvalue weighted by molar-refractivity contribution is 5.87. The fourth-order valence-corrected chi connectivity index (χ4v) is 1.12. The van der Waals surface area contributed by atoms with Gasteiger partial charge in [-0.05, 0) is 18.6 Å². The van der Waals surface area contributed by atoms with Gasteiger partial charge in [0.25, 0.3) is 0 Å². The number of carboxylic acid groups (broad SMARTS) is 1. The molecule has 0 heterocycles. The number of aliphatic hydroxyl groups excluding tert-OH is 1. The molecule has 0 radical (unpaired) electrons. The molecule has 0 fully saturated rings. The molecule has 0 aliphatic heterocycles. The van der Waals surface area contributed by atoms with Crippen LogP contribution in [0.15, 0.2) is 12.1 Å². The van der Waals surface area contributed by atoms with Crippen molar-refractivity contribution in [2.24, 2.45) is 0 Å². The Hall–Kier alpha value is -1.69. The van der Waals surface area contributed by atoms with Crippen LogP contribution in [-0.4, -0.2) is 28.9 Å². The number of benzene rings is 1. The number of carbonyl (C=O) groups is 1. The molecule has 17 heavy (non-hydrogen) atoms. The van der Waals surface area contributed by atoms with Gasteiger partial charge in [-0.25, -0.2) is 13.6 Å². The lowest BCUT2D eigenvalue weighted by Crippen LogP contribution is -2.17. The van der Waals surface area contributed by atoms with Crippen LogP contribution in [-0.2, 0) is 0 Å². The normalized spacial score (nSPS) is 12.2. The molecule has 0 amide bonds. The zero-order valence-corrected chi connectivity index (χ0v) is 9.11. The summed E-state index contributed by atoms with van der Waals surface area (Å²) in [5, 5.41) is 17.7. The maximum atomic E-state index is 13.3. The van der Waals surface area contributed by atoms with E-state index in [-0.39, 0.29) is 6.61 Å². The molecule has 0 saturated carbocycles. The van der Waals surface area contributed by atoms with E-state index in [0.29, 0.717) is 18.6 Å². The molecule has 0 bridgehead atoms. The summed E-state index contributed by atoms with van der Waals surface area (Å²) in [6, 6.07) is 1.33. The van der Waals surface area contributed by atoms with E-state index >= 15 is 0 Å². The van der Waals surface area contributed by atoms with E-state index in [4.69, 9.17) is 9.84 Å². The van der Waals surface area contributed by atoms with Gasteiger partial charge in [-0.3, -0.25) is 0 Å². The summed E-state index contributed by atoms with van der Waals surface area (Å²) in [4.78, 5) is 10.5. The van der Waals surface area contributed by atoms with Crippen molar-refractivity contribution in [3.05, 3.63) is 29.3 Å². The number of hydrogen-bond donors (Lipinski definition) is 2. The predicted octanol–water partition coefficient (Wildman–Crippen LogP) is 1.81. The van der Waals surface area contributed by atoms with Gasteiger partial charge in [0.15, 0.2) is 17.4 Å². The van der Waals surface area contributed by atoms with Crippen LogP contribution in [0.25, 0.3) is 0 Å². The Kier molecular flexibility index (Phi) is 4.39. The highest BCUT2D eigenvalue weighted by Crippen LogP contribution is 2.23. The molecule has 1 aromatic rings. The summed E-state index contributed by atoms with van der Waals surface area (Å²) in [6.45, 7) is 1.44. The highest BCUT2D eigenvalue weighted by Gasteiger charge is 2.16. The van der Waals surface area contributed by atoms with E-state index in [1.165, 1.54) is 0 Å². The second-order valence-electron chi connectivity index (χ2n) is 3.45. The lowest BCUT2D eigenvalue weighted by atomic mass is 10.2. The second kappa shape index (κ2) is 5.58. The van der Waals surface area contributed by atoms with E-state index < -0.39 is 35.0 Å². The Morgan fingerprint density at radius 1 is 1.41 bits per heavy atom. The van der Waals surface area contributed by atoms with E-state index in [2.05, 4.69) is 0 Å². The molecule has 0 aromatic heterocycles. The molecule has 2 N–H and O–H groups in total. The van der Waals surface area contributed by atoms with Crippen LogP contribution in [0.2, 0.25) is 0 Å². The number of ether oxygens (including phenoxy) is 1. The van der Waals surface area contributed by atoms with Crippen molar-refractivity contribution >= 4 is 5.97 Å². The van der Waals surface area contributed by atoms with Crippen molar-refractivity contribution in [2.75, 3.05) is 6.61 Å². The van der Waals surface area contributed by atoms with E-state index in [0.717, 1.165) is 0 Å². The van der Waals surface area contributed by atoms with Gasteiger partial charge in [-0.1, -0.05) is 6.92 Å². The van der Waals surface area contributed by atoms with Gasteiger partial charge in [0, 0.05) is 0 Å². The first-order valence-corrected chi connectivity index (χ1v) is 4.98. The molecule has 1 atom stereocenters. The Labute approximate surface area is 96.5 Å². The van der Waals surface area contributed by atoms with Crippen LogP contribution in [0.1, 0.15) is 23.7 Å². The molecular weight excluding hydrogens is 234 g/mol. The molecule has 1 aromatic carbocycles. The van der Waals surface area contributed by atoms with E-state index in [1.54, 1.807) is 6.92 Å². The van der Waals surface area contributed by atoms with E-state index in [9.17, 15) is 18.7 Å². The van der Waals surface area contributed by atoms with Crippen LogP contribution in [0.3, 0.4) is 0 Å². The lowest BCUT2D eigenvalue weighted by Gasteiger charge is -2.12. The van der Waals surface area contributed by atoms with Crippen LogP contribution in [0, 0.1) is 11.6 Å². The van der Waals surface area contributed by atoms with Crippen LogP contribution in [0.4, 0.5) is 8.78 Å². The maximum Gasteiger partial charge on any atom is 0.335 e. The highest BCUT2D eigenvalue weighted by atomic mass is 19.1. The van der Waals surface area contributed by atoms with Gasteiger partial charge in [0.2, 0.25) is 0 Å². The van der Waals surface area contributed by atoms with Crippen LogP contribution < -0.4 is 4.74 Å². The largest absolute Gasteiger partial charge is 0.485 e. The summed E-state index contributed by atoms with van der Waals surface area (Å²) in [6.07, 6.45) is -0.441. The van der Waals surface area contributed by atoms with Gasteiger partial charge in [-0.2, -0.15) is 0 Å². The second-order valence-corrected chi connectivity index (χ2v) is 3.45. The average molecular weight is 246 g/mol. The molecule has 4 nitrogen and oxygen atoms in total. The van der Waals surface area contributed by atoms with Crippen molar-refractivity contribution in [3.63, 3.8) is 0 Å². The Morgan fingerprint density at radius 3 is 2.35 bits per heavy atom. The summed E-state index contributed by atoms with van der Waals surface area (Å²) in [7, 11) is 0. The van der Waals surface area contributed by atoms with Crippen molar-refractivity contribution in [1.29, 1.82) is 0 Å². The minimum Gasteiger partial charge on any atom is -0.485 e. The number of halogens is 2. The summed E-state index contributed by atoms with van der Waals surface area (Å²) >= 11 is 0. The molecule has 0 aliphatic carbocycles. The quantitative estimate of drug-likeness (QED) is 0.831. The van der Waals surface area contributed by atoms with Crippen molar-refractivity contribution in [1.82, 2.24) is 0 Å². The van der Waals surface area contributed by atoms with Gasteiger partial charge in [0.05, 0.1) is 11.7 Å². The first-order chi connectivity index (χ1) is 7.95. The maximum absolute atomic E-state index is 13.3. The third kappa shape index (κ3) is 3.39. The fourth-order valence-electron chi connectivity index (χ4n) is 1.12. The van der Waals surface area contributed by atoms with Crippen LogP contribution in [0.5, 0.6) is 5.75 Å². The Balaban J connectivity index is 2.90. The Bertz CT molecular complexity index is 397. The van der Waals surface area contributed by atoms with Gasteiger partial charge in [-0.15, -0.1) is 0 Å². The minimum absolute atomic E-state index is 0.253. The van der Waals surface area contributed by atoms with Gasteiger partial charge < -0.3 is 14.9 Å². The molecule has 0 aliphatic rings. The molecule has 0 saturated heterocycles. The number of rotatable bonds is 5. The summed E-state index contributed by atoms with van der Waals surface area (Å²) < 4.78 is 31.4. The number of hydrogen-bond acceptors (Lipinski definition) is 3. The third-order valence-corrected chi connectivity index (χ3v) is 2.14. The zero-order chi connectivity index (χ0) is 13.0.